The number of phenols is 2. The van der Waals surface area contributed by atoms with E-state index in [2.05, 4.69) is 15.9 Å². The zero-order valence-electron chi connectivity index (χ0n) is 14.7. The van der Waals surface area contributed by atoms with Gasteiger partial charge in [-0.3, -0.25) is 9.59 Å². The van der Waals surface area contributed by atoms with E-state index in [9.17, 15) is 19.8 Å². The molecule has 1 aromatic carbocycles. The van der Waals surface area contributed by atoms with Crippen LogP contribution in [0.15, 0.2) is 23.3 Å². The number of benzene rings is 1. The molecule has 1 aromatic rings. The third-order valence-corrected chi connectivity index (χ3v) is 8.59. The fourth-order valence-corrected chi connectivity index (χ4v) is 6.29. The number of alkyl halides is 1. The van der Waals surface area contributed by atoms with Gasteiger partial charge in [0.05, 0.1) is 11.0 Å². The van der Waals surface area contributed by atoms with Crippen molar-refractivity contribution in [1.82, 2.24) is 0 Å². The van der Waals surface area contributed by atoms with E-state index in [0.717, 1.165) is 6.42 Å². The van der Waals surface area contributed by atoms with Gasteiger partial charge in [-0.25, -0.2) is 0 Å². The van der Waals surface area contributed by atoms with Gasteiger partial charge in [0.15, 0.2) is 15.9 Å². The highest BCUT2D eigenvalue weighted by Gasteiger charge is 2.78. The van der Waals surface area contributed by atoms with Crippen LogP contribution in [0.25, 0.3) is 0 Å². The standard InChI is InChI=1S/C20H21BrO4/c1-9(2)10-5-14-18(3,4)20(21)16(24)15-12(6-11(22)7-13(15)23)19(14,8-10)17(20)25/h6-7,14,22-23H,5,8H2,1-4H3/t14-,19-,20+/m0/s1. The van der Waals surface area contributed by atoms with Crippen molar-refractivity contribution >= 4 is 27.5 Å². The van der Waals surface area contributed by atoms with Crippen LogP contribution in [0.2, 0.25) is 0 Å². The molecule has 4 nitrogen and oxygen atoms in total. The van der Waals surface area contributed by atoms with Crippen LogP contribution >= 0.6 is 15.9 Å². The van der Waals surface area contributed by atoms with Crippen LogP contribution in [0.5, 0.6) is 11.5 Å². The number of fused-ring (bicyclic) bond motifs is 2. The van der Waals surface area contributed by atoms with E-state index in [0.29, 0.717) is 12.0 Å². The van der Waals surface area contributed by atoms with Crippen LogP contribution < -0.4 is 0 Å². The summed E-state index contributed by atoms with van der Waals surface area (Å²) in [5.41, 5.74) is 1.60. The lowest BCUT2D eigenvalue weighted by molar-refractivity contribution is -0.123. The number of carbonyl (C=O) groups excluding carboxylic acids is 2. The Morgan fingerprint density at radius 2 is 1.84 bits per heavy atom. The second-order valence-electron chi connectivity index (χ2n) is 8.43. The zero-order chi connectivity index (χ0) is 18.5. The third kappa shape index (κ3) is 1.59. The van der Waals surface area contributed by atoms with Crippen molar-refractivity contribution in [2.24, 2.45) is 11.3 Å². The number of ketones is 2. The molecule has 0 unspecified atom stereocenters. The summed E-state index contributed by atoms with van der Waals surface area (Å²) < 4.78 is -1.33. The maximum atomic E-state index is 13.6. The Hall–Kier alpha value is -1.62. The molecule has 2 N–H and O–H groups in total. The van der Waals surface area contributed by atoms with Crippen LogP contribution in [-0.4, -0.2) is 26.1 Å². The van der Waals surface area contributed by atoms with Gasteiger partial charge in [0.1, 0.15) is 11.5 Å². The molecule has 0 aliphatic heterocycles. The fraction of sp³-hybridized carbons (Fsp3) is 0.500. The van der Waals surface area contributed by atoms with Gasteiger partial charge in [0.25, 0.3) is 0 Å². The zero-order valence-corrected chi connectivity index (χ0v) is 16.3. The number of hydrogen-bond donors (Lipinski definition) is 2. The minimum atomic E-state index is -1.33. The van der Waals surface area contributed by atoms with E-state index in [1.165, 1.54) is 23.3 Å². The van der Waals surface area contributed by atoms with Gasteiger partial charge in [0, 0.05) is 6.07 Å². The Labute approximate surface area is 155 Å². The second kappa shape index (κ2) is 4.56. The van der Waals surface area contributed by atoms with Crippen LogP contribution in [0.3, 0.4) is 0 Å². The van der Waals surface area contributed by atoms with Gasteiger partial charge in [0.2, 0.25) is 0 Å². The molecule has 5 heteroatoms. The monoisotopic (exact) mass is 404 g/mol. The molecule has 3 aliphatic rings. The lowest BCUT2D eigenvalue weighted by Gasteiger charge is -2.38. The first kappa shape index (κ1) is 16.8. The van der Waals surface area contributed by atoms with Crippen molar-refractivity contribution in [2.45, 2.75) is 50.3 Å². The molecule has 132 valence electrons. The normalized spacial score (nSPS) is 34.9. The molecule has 0 saturated heterocycles. The average molecular weight is 405 g/mol. The molecule has 2 saturated carbocycles. The van der Waals surface area contributed by atoms with E-state index < -0.39 is 20.9 Å². The summed E-state index contributed by atoms with van der Waals surface area (Å²) in [6.45, 7) is 8.00. The summed E-state index contributed by atoms with van der Waals surface area (Å²) in [4.78, 5) is 26.9. The molecule has 0 amide bonds. The molecule has 2 fully saturated rings. The van der Waals surface area contributed by atoms with Gasteiger partial charge < -0.3 is 10.2 Å². The molecule has 3 atom stereocenters. The van der Waals surface area contributed by atoms with Crippen molar-refractivity contribution in [3.8, 4) is 11.5 Å². The molecule has 0 heterocycles. The predicted molar refractivity (Wildman–Crippen MR) is 97.3 cm³/mol. The van der Waals surface area contributed by atoms with Gasteiger partial charge in [-0.2, -0.15) is 0 Å². The SMILES string of the molecule is CC(C)=C1C[C@H]2C(C)(C)[C@@]3(Br)C(=O)c4c(O)cc(O)cc4[C@]2(C1)C3=O. The first-order chi connectivity index (χ1) is 11.5. The van der Waals surface area contributed by atoms with Crippen LogP contribution in [0.4, 0.5) is 0 Å². The maximum Gasteiger partial charge on any atom is 0.191 e. The van der Waals surface area contributed by atoms with Gasteiger partial charge in [-0.1, -0.05) is 40.9 Å². The second-order valence-corrected chi connectivity index (χ2v) is 9.62. The number of halogens is 1. The summed E-state index contributed by atoms with van der Waals surface area (Å²) in [6, 6.07) is 2.68. The Balaban J connectivity index is 2.15. The molecule has 0 aromatic heterocycles. The summed E-state index contributed by atoms with van der Waals surface area (Å²) >= 11 is 3.53. The highest BCUT2D eigenvalue weighted by molar-refractivity contribution is 9.10. The van der Waals surface area contributed by atoms with E-state index in [1.807, 2.05) is 27.7 Å². The van der Waals surface area contributed by atoms with Gasteiger partial charge in [-0.05, 0) is 49.7 Å². The van der Waals surface area contributed by atoms with Crippen LogP contribution in [0, 0.1) is 11.3 Å². The number of aromatic hydroxyl groups is 2. The highest BCUT2D eigenvalue weighted by Crippen LogP contribution is 2.72. The van der Waals surface area contributed by atoms with Crippen molar-refractivity contribution in [3.05, 3.63) is 34.4 Å². The smallest absolute Gasteiger partial charge is 0.191 e. The number of Topliss-reactive ketones (excluding diaryl/α,β-unsaturated/α-hetero) is 2. The fourth-order valence-electron chi connectivity index (χ4n) is 5.46. The highest BCUT2D eigenvalue weighted by atomic mass is 79.9. The first-order valence-corrected chi connectivity index (χ1v) is 9.29. The minimum absolute atomic E-state index is 0.0665. The Morgan fingerprint density at radius 3 is 2.44 bits per heavy atom. The number of carbonyl (C=O) groups is 2. The molecule has 1 spiro atoms. The number of rotatable bonds is 0. The van der Waals surface area contributed by atoms with Crippen molar-refractivity contribution in [3.63, 3.8) is 0 Å². The first-order valence-electron chi connectivity index (χ1n) is 8.50. The van der Waals surface area contributed by atoms with Crippen molar-refractivity contribution < 1.29 is 19.8 Å². The lowest BCUT2D eigenvalue weighted by atomic mass is 9.67. The molecule has 0 radical (unpaired) electrons. The third-order valence-electron chi connectivity index (χ3n) is 6.84. The summed E-state index contributed by atoms with van der Waals surface area (Å²) in [5.74, 6) is -0.967. The average Bonchev–Trinajstić information content (AvgIpc) is 2.96. The van der Waals surface area contributed by atoms with E-state index in [-0.39, 0.29) is 28.8 Å². The summed E-state index contributed by atoms with van der Waals surface area (Å²) in [7, 11) is 0. The largest absolute Gasteiger partial charge is 0.508 e. The Bertz CT molecular complexity index is 893. The summed E-state index contributed by atoms with van der Waals surface area (Å²) in [5, 5.41) is 20.5. The van der Waals surface area contributed by atoms with E-state index in [1.54, 1.807) is 0 Å². The Kier molecular flexibility index (Phi) is 3.07. The Morgan fingerprint density at radius 1 is 1.20 bits per heavy atom. The number of hydrogen-bond acceptors (Lipinski definition) is 4. The maximum absolute atomic E-state index is 13.6. The predicted octanol–water partition coefficient (Wildman–Crippen LogP) is 4.02. The number of allylic oxidation sites excluding steroid dienone is 2. The summed E-state index contributed by atoms with van der Waals surface area (Å²) in [6.07, 6.45) is 1.29. The minimum Gasteiger partial charge on any atom is -0.508 e. The molecular weight excluding hydrogens is 384 g/mol. The molecule has 2 bridgehead atoms. The lowest BCUT2D eigenvalue weighted by Crippen LogP contribution is -2.53. The van der Waals surface area contributed by atoms with Crippen LogP contribution in [-0.2, 0) is 10.2 Å². The van der Waals surface area contributed by atoms with Gasteiger partial charge >= 0.3 is 0 Å². The molecule has 4 rings (SSSR count). The topological polar surface area (TPSA) is 74.6 Å². The van der Waals surface area contributed by atoms with Crippen LogP contribution in [0.1, 0.15) is 56.5 Å². The van der Waals surface area contributed by atoms with E-state index >= 15 is 0 Å². The molecule has 25 heavy (non-hydrogen) atoms. The van der Waals surface area contributed by atoms with E-state index in [4.69, 9.17) is 0 Å². The van der Waals surface area contributed by atoms with Crippen molar-refractivity contribution in [2.75, 3.05) is 0 Å². The number of phenolic OH excluding ortho intramolecular Hbond substituents is 2. The molecule has 3 aliphatic carbocycles. The van der Waals surface area contributed by atoms with Crippen molar-refractivity contribution in [1.29, 1.82) is 0 Å². The van der Waals surface area contributed by atoms with Gasteiger partial charge in [-0.15, -0.1) is 0 Å². The molecular formula is C20H21BrO4. The quantitative estimate of drug-likeness (QED) is 0.389.